The van der Waals surface area contributed by atoms with Crippen molar-refractivity contribution in [1.82, 2.24) is 0 Å². The maximum atomic E-state index is 12.3. The summed E-state index contributed by atoms with van der Waals surface area (Å²) in [4.78, 5) is 22.3. The minimum atomic E-state index is -4.07. The Morgan fingerprint density at radius 1 is 1.04 bits per heavy atom. The third-order valence-corrected chi connectivity index (χ3v) is 4.19. The molecular weight excluding hydrogens is 334 g/mol. The van der Waals surface area contributed by atoms with Crippen LogP contribution in [0.1, 0.15) is 17.3 Å². The number of esters is 1. The van der Waals surface area contributed by atoms with Gasteiger partial charge in [-0.2, -0.15) is 8.42 Å². The Morgan fingerprint density at radius 2 is 1.71 bits per heavy atom. The van der Waals surface area contributed by atoms with Gasteiger partial charge in [0.25, 0.3) is 0 Å². The molecule has 0 fully saturated rings. The van der Waals surface area contributed by atoms with Crippen LogP contribution in [0, 0.1) is 0 Å². The van der Waals surface area contributed by atoms with Crippen molar-refractivity contribution >= 4 is 27.7 Å². The van der Waals surface area contributed by atoms with Crippen molar-refractivity contribution in [3.05, 3.63) is 54.1 Å². The highest BCUT2D eigenvalue weighted by Gasteiger charge is 2.17. The molecule has 2 aromatic rings. The molecule has 0 heterocycles. The van der Waals surface area contributed by atoms with Gasteiger partial charge >= 0.3 is 16.1 Å². The summed E-state index contributed by atoms with van der Waals surface area (Å²) in [5.74, 6) is -0.872. The van der Waals surface area contributed by atoms with Gasteiger partial charge in [-0.3, -0.25) is 4.79 Å². The summed E-state index contributed by atoms with van der Waals surface area (Å²) in [6.45, 7) is 1.35. The molecule has 0 aliphatic heterocycles. The van der Waals surface area contributed by atoms with Gasteiger partial charge in [0.1, 0.15) is 10.6 Å². The Hall–Kier alpha value is -2.87. The summed E-state index contributed by atoms with van der Waals surface area (Å²) >= 11 is 0. The largest absolute Gasteiger partial charge is 0.465 e. The van der Waals surface area contributed by atoms with E-state index in [4.69, 9.17) is 4.18 Å². The molecule has 0 saturated carbocycles. The third kappa shape index (κ3) is 4.32. The first kappa shape index (κ1) is 17.5. The van der Waals surface area contributed by atoms with Gasteiger partial charge in [0, 0.05) is 12.6 Å². The molecule has 0 atom stereocenters. The van der Waals surface area contributed by atoms with Crippen LogP contribution in [0.3, 0.4) is 0 Å². The molecular formula is C16H15NO6S. The Balaban J connectivity index is 2.22. The topological polar surface area (TPSA) is 98.8 Å². The van der Waals surface area contributed by atoms with E-state index in [0.29, 0.717) is 5.69 Å². The number of hydrogen-bond acceptors (Lipinski definition) is 6. The molecule has 2 aromatic carbocycles. The molecule has 0 radical (unpaired) electrons. The number of ether oxygens (including phenoxy) is 1. The molecule has 0 spiro atoms. The van der Waals surface area contributed by atoms with E-state index in [1.807, 2.05) is 0 Å². The first-order valence-corrected chi connectivity index (χ1v) is 8.23. The first-order chi connectivity index (χ1) is 11.3. The fourth-order valence-corrected chi connectivity index (χ4v) is 2.80. The molecule has 1 amide bonds. The molecule has 0 unspecified atom stereocenters. The van der Waals surface area contributed by atoms with Crippen molar-refractivity contribution in [3.8, 4) is 5.75 Å². The van der Waals surface area contributed by atoms with E-state index in [0.717, 1.165) is 0 Å². The van der Waals surface area contributed by atoms with Crippen LogP contribution < -0.4 is 9.50 Å². The number of amides is 1. The zero-order chi connectivity index (χ0) is 17.7. The molecule has 0 aliphatic carbocycles. The number of methoxy groups -OCH3 is 1. The Bertz CT molecular complexity index is 858. The molecule has 0 bridgehead atoms. The van der Waals surface area contributed by atoms with E-state index in [9.17, 15) is 18.0 Å². The molecule has 0 saturated heterocycles. The lowest BCUT2D eigenvalue weighted by molar-refractivity contribution is -0.114. The Kier molecular flexibility index (Phi) is 5.20. The zero-order valence-electron chi connectivity index (χ0n) is 13.0. The summed E-state index contributed by atoms with van der Waals surface area (Å²) in [6.07, 6.45) is 0. The zero-order valence-corrected chi connectivity index (χ0v) is 13.8. The fourth-order valence-electron chi connectivity index (χ4n) is 1.88. The number of carbonyl (C=O) groups excluding carboxylic acids is 2. The van der Waals surface area contributed by atoms with Crippen molar-refractivity contribution < 1.29 is 26.9 Å². The number of benzene rings is 2. The van der Waals surface area contributed by atoms with E-state index in [1.54, 1.807) is 0 Å². The first-order valence-electron chi connectivity index (χ1n) is 6.82. The number of rotatable bonds is 5. The molecule has 8 heteroatoms. The van der Waals surface area contributed by atoms with Gasteiger partial charge in [0.2, 0.25) is 5.91 Å². The predicted molar refractivity (Wildman–Crippen MR) is 86.3 cm³/mol. The van der Waals surface area contributed by atoms with Crippen LogP contribution in [-0.2, 0) is 19.6 Å². The van der Waals surface area contributed by atoms with Crippen molar-refractivity contribution in [2.45, 2.75) is 11.8 Å². The monoisotopic (exact) mass is 349 g/mol. The van der Waals surface area contributed by atoms with E-state index < -0.39 is 16.1 Å². The second-order valence-corrected chi connectivity index (χ2v) is 6.31. The van der Waals surface area contributed by atoms with E-state index in [1.165, 1.54) is 62.6 Å². The average Bonchev–Trinajstić information content (AvgIpc) is 2.54. The number of anilines is 1. The van der Waals surface area contributed by atoms with Gasteiger partial charge in [-0.1, -0.05) is 6.07 Å². The third-order valence-electron chi connectivity index (χ3n) is 2.92. The summed E-state index contributed by atoms with van der Waals surface area (Å²) in [7, 11) is -2.85. The molecule has 24 heavy (non-hydrogen) atoms. The highest BCUT2D eigenvalue weighted by Crippen LogP contribution is 2.21. The van der Waals surface area contributed by atoms with Crippen molar-refractivity contribution in [2.24, 2.45) is 0 Å². The lowest BCUT2D eigenvalue weighted by Gasteiger charge is -2.09. The van der Waals surface area contributed by atoms with Gasteiger partial charge < -0.3 is 14.2 Å². The second kappa shape index (κ2) is 7.14. The van der Waals surface area contributed by atoms with Crippen molar-refractivity contribution in [1.29, 1.82) is 0 Å². The molecule has 0 aliphatic rings. The van der Waals surface area contributed by atoms with Gasteiger partial charge in [0.15, 0.2) is 0 Å². The van der Waals surface area contributed by atoms with Crippen LogP contribution in [0.2, 0.25) is 0 Å². The highest BCUT2D eigenvalue weighted by molar-refractivity contribution is 7.87. The molecule has 0 aromatic heterocycles. The smallest absolute Gasteiger partial charge is 0.339 e. The van der Waals surface area contributed by atoms with Crippen LogP contribution in [0.4, 0.5) is 5.69 Å². The molecule has 2 rings (SSSR count). The van der Waals surface area contributed by atoms with Crippen LogP contribution in [0.15, 0.2) is 53.4 Å². The summed E-state index contributed by atoms with van der Waals surface area (Å²) in [5.41, 5.74) is 0.639. The minimum Gasteiger partial charge on any atom is -0.465 e. The fraction of sp³-hybridized carbons (Fsp3) is 0.125. The Morgan fingerprint density at radius 3 is 2.29 bits per heavy atom. The summed E-state index contributed by atoms with van der Waals surface area (Å²) in [5, 5.41) is 2.53. The highest BCUT2D eigenvalue weighted by atomic mass is 32.2. The lowest BCUT2D eigenvalue weighted by Crippen LogP contribution is -2.11. The van der Waals surface area contributed by atoms with E-state index >= 15 is 0 Å². The summed E-state index contributed by atoms with van der Waals surface area (Å²) < 4.78 is 34.1. The molecule has 7 nitrogen and oxygen atoms in total. The summed E-state index contributed by atoms with van der Waals surface area (Å²) in [6, 6.07) is 11.2. The lowest BCUT2D eigenvalue weighted by atomic mass is 10.2. The number of nitrogens with one attached hydrogen (secondary N) is 1. The van der Waals surface area contributed by atoms with Crippen molar-refractivity contribution in [2.75, 3.05) is 12.4 Å². The standard InChI is InChI=1S/C16H15NO6S/c1-11(18)17-13-6-8-15(9-7-13)24(20,21)23-14-5-3-4-12(10-14)16(19)22-2/h3-10H,1-2H3,(H,17,18). The van der Waals surface area contributed by atoms with Crippen LogP contribution >= 0.6 is 0 Å². The minimum absolute atomic E-state index is 0.0103. The van der Waals surface area contributed by atoms with E-state index in [-0.39, 0.29) is 22.1 Å². The maximum Gasteiger partial charge on any atom is 0.339 e. The van der Waals surface area contributed by atoms with E-state index in [2.05, 4.69) is 10.1 Å². The van der Waals surface area contributed by atoms with Gasteiger partial charge in [-0.25, -0.2) is 4.79 Å². The van der Waals surface area contributed by atoms with Crippen LogP contribution in [-0.4, -0.2) is 27.4 Å². The maximum absolute atomic E-state index is 12.3. The van der Waals surface area contributed by atoms with Gasteiger partial charge in [0.05, 0.1) is 12.7 Å². The molecule has 126 valence electrons. The van der Waals surface area contributed by atoms with Crippen molar-refractivity contribution in [3.63, 3.8) is 0 Å². The average molecular weight is 349 g/mol. The van der Waals surface area contributed by atoms with Crippen LogP contribution in [0.25, 0.3) is 0 Å². The van der Waals surface area contributed by atoms with Gasteiger partial charge in [-0.15, -0.1) is 0 Å². The quantitative estimate of drug-likeness (QED) is 0.656. The molecule has 1 N–H and O–H groups in total. The SMILES string of the molecule is COC(=O)c1cccc(OS(=O)(=O)c2ccc(NC(C)=O)cc2)c1. The Labute approximate surface area is 139 Å². The normalized spacial score (nSPS) is 10.8. The second-order valence-electron chi connectivity index (χ2n) is 4.76. The number of carbonyl (C=O) groups is 2. The van der Waals surface area contributed by atoms with Crippen LogP contribution in [0.5, 0.6) is 5.75 Å². The predicted octanol–water partition coefficient (Wildman–Crippen LogP) is 2.20. The number of hydrogen-bond donors (Lipinski definition) is 1. The van der Waals surface area contributed by atoms with Gasteiger partial charge in [-0.05, 0) is 42.5 Å².